The summed E-state index contributed by atoms with van der Waals surface area (Å²) in [5, 5.41) is 0. The van der Waals surface area contributed by atoms with Gasteiger partial charge < -0.3 is 14.2 Å². The maximum Gasteiger partial charge on any atom is 0.513 e. The van der Waals surface area contributed by atoms with Crippen LogP contribution in [0.3, 0.4) is 0 Å². The smallest absolute Gasteiger partial charge is 0.431 e. The molecule has 0 aromatic heterocycles. The van der Waals surface area contributed by atoms with Gasteiger partial charge in [0.15, 0.2) is 0 Å². The van der Waals surface area contributed by atoms with Gasteiger partial charge in [0, 0.05) is 0 Å². The van der Waals surface area contributed by atoms with E-state index in [1.165, 1.54) is 0 Å². The zero-order valence-electron chi connectivity index (χ0n) is 8.43. The Balaban J connectivity index is 1.79. The summed E-state index contributed by atoms with van der Waals surface area (Å²) >= 11 is 0. The van der Waals surface area contributed by atoms with Crippen LogP contribution in [0.4, 0.5) is 4.79 Å². The van der Waals surface area contributed by atoms with Gasteiger partial charge in [-0.3, -0.25) is 0 Å². The van der Waals surface area contributed by atoms with Gasteiger partial charge in [0.05, 0.1) is 6.61 Å². The van der Waals surface area contributed by atoms with Gasteiger partial charge in [-0.2, -0.15) is 0 Å². The number of epoxide rings is 1. The van der Waals surface area contributed by atoms with E-state index in [0.29, 0.717) is 12.4 Å². The predicted molar refractivity (Wildman–Crippen MR) is 52.9 cm³/mol. The molecule has 0 radical (unpaired) electrons. The summed E-state index contributed by atoms with van der Waals surface area (Å²) < 4.78 is 14.6. The highest BCUT2D eigenvalue weighted by molar-refractivity contribution is 5.63. The van der Waals surface area contributed by atoms with Gasteiger partial charge in [0.1, 0.15) is 18.5 Å². The van der Waals surface area contributed by atoms with Crippen LogP contribution < -0.4 is 4.74 Å². The third-order valence-electron chi connectivity index (χ3n) is 2.01. The Morgan fingerprint density at radius 2 is 2.13 bits per heavy atom. The lowest BCUT2D eigenvalue weighted by atomic mass is 10.2. The summed E-state index contributed by atoms with van der Waals surface area (Å²) in [7, 11) is 0. The molecule has 1 atom stereocenters. The van der Waals surface area contributed by atoms with Crippen molar-refractivity contribution in [2.24, 2.45) is 0 Å². The monoisotopic (exact) mass is 208 g/mol. The van der Waals surface area contributed by atoms with Crippen molar-refractivity contribution in [1.82, 2.24) is 0 Å². The second-order valence-corrected chi connectivity index (χ2v) is 3.43. The lowest BCUT2D eigenvalue weighted by Gasteiger charge is -2.04. The standard InChI is InChI=1S/C11H12O4/c1-8-2-4-9(5-3-8)15-11(12)14-7-10-6-13-10/h2-5,10H,6-7H2,1H3. The van der Waals surface area contributed by atoms with Crippen molar-refractivity contribution in [2.75, 3.05) is 13.2 Å². The van der Waals surface area contributed by atoms with Crippen molar-refractivity contribution < 1.29 is 19.0 Å². The van der Waals surface area contributed by atoms with Gasteiger partial charge in [-0.25, -0.2) is 4.79 Å². The largest absolute Gasteiger partial charge is 0.513 e. The Morgan fingerprint density at radius 1 is 1.47 bits per heavy atom. The predicted octanol–water partition coefficient (Wildman–Crippen LogP) is 1.91. The molecule has 80 valence electrons. The van der Waals surface area contributed by atoms with Gasteiger partial charge in [-0.15, -0.1) is 0 Å². The number of hydrogen-bond donors (Lipinski definition) is 0. The van der Waals surface area contributed by atoms with Crippen molar-refractivity contribution in [1.29, 1.82) is 0 Å². The number of carbonyl (C=O) groups is 1. The fourth-order valence-corrected chi connectivity index (χ4v) is 1.06. The molecule has 1 heterocycles. The van der Waals surface area contributed by atoms with Crippen LogP contribution in [0.5, 0.6) is 5.75 Å². The van der Waals surface area contributed by atoms with E-state index < -0.39 is 6.16 Å². The minimum absolute atomic E-state index is 0.0653. The van der Waals surface area contributed by atoms with E-state index in [1.54, 1.807) is 12.1 Å². The molecule has 1 aromatic carbocycles. The molecule has 1 aliphatic heterocycles. The number of benzene rings is 1. The van der Waals surface area contributed by atoms with E-state index in [9.17, 15) is 4.79 Å². The van der Waals surface area contributed by atoms with E-state index in [4.69, 9.17) is 14.2 Å². The van der Waals surface area contributed by atoms with Crippen molar-refractivity contribution in [3.63, 3.8) is 0 Å². The maximum absolute atomic E-state index is 11.1. The summed E-state index contributed by atoms with van der Waals surface area (Å²) in [4.78, 5) is 11.1. The zero-order valence-corrected chi connectivity index (χ0v) is 8.43. The quantitative estimate of drug-likeness (QED) is 0.432. The minimum Gasteiger partial charge on any atom is -0.431 e. The average Bonchev–Trinajstić information content (AvgIpc) is 3.02. The first kappa shape index (κ1) is 9.98. The van der Waals surface area contributed by atoms with Crippen LogP contribution in [0.2, 0.25) is 0 Å². The van der Waals surface area contributed by atoms with E-state index in [-0.39, 0.29) is 12.7 Å². The molecule has 1 aliphatic rings. The van der Waals surface area contributed by atoms with Gasteiger partial charge in [0.2, 0.25) is 0 Å². The Morgan fingerprint density at radius 3 is 2.73 bits per heavy atom. The van der Waals surface area contributed by atoms with Crippen LogP contribution in [-0.4, -0.2) is 25.5 Å². The topological polar surface area (TPSA) is 48.1 Å². The number of ether oxygens (including phenoxy) is 3. The van der Waals surface area contributed by atoms with Gasteiger partial charge in [-0.1, -0.05) is 17.7 Å². The highest BCUT2D eigenvalue weighted by Gasteiger charge is 2.24. The summed E-state index contributed by atoms with van der Waals surface area (Å²) in [5.74, 6) is 0.488. The fraction of sp³-hybridized carbons (Fsp3) is 0.364. The minimum atomic E-state index is -0.686. The number of aryl methyl sites for hydroxylation is 1. The molecule has 0 amide bonds. The molecule has 1 unspecified atom stereocenters. The normalized spacial score (nSPS) is 18.3. The first-order valence-corrected chi connectivity index (χ1v) is 4.77. The summed E-state index contributed by atoms with van der Waals surface area (Å²) in [6.07, 6.45) is -0.620. The molecule has 0 aliphatic carbocycles. The van der Waals surface area contributed by atoms with E-state index in [0.717, 1.165) is 5.56 Å². The molecule has 0 bridgehead atoms. The van der Waals surface area contributed by atoms with Crippen LogP contribution in [0, 0.1) is 6.92 Å². The Bertz CT molecular complexity index is 340. The SMILES string of the molecule is Cc1ccc(OC(=O)OCC2CO2)cc1. The number of rotatable bonds is 3. The van der Waals surface area contributed by atoms with Gasteiger partial charge >= 0.3 is 6.16 Å². The molecular formula is C11H12O4. The highest BCUT2D eigenvalue weighted by atomic mass is 16.7. The van der Waals surface area contributed by atoms with E-state index >= 15 is 0 Å². The lowest BCUT2D eigenvalue weighted by Crippen LogP contribution is -2.14. The molecule has 1 aromatic rings. The average molecular weight is 208 g/mol. The van der Waals surface area contributed by atoms with Crippen molar-refractivity contribution in [3.05, 3.63) is 29.8 Å². The first-order chi connectivity index (χ1) is 7.24. The molecule has 15 heavy (non-hydrogen) atoms. The third kappa shape index (κ3) is 3.25. The van der Waals surface area contributed by atoms with Crippen molar-refractivity contribution in [3.8, 4) is 5.75 Å². The molecule has 0 N–H and O–H groups in total. The summed E-state index contributed by atoms with van der Waals surface area (Å²) in [6, 6.07) is 7.19. The molecule has 2 rings (SSSR count). The van der Waals surface area contributed by atoms with Crippen molar-refractivity contribution >= 4 is 6.16 Å². The van der Waals surface area contributed by atoms with Crippen LogP contribution in [-0.2, 0) is 9.47 Å². The Kier molecular flexibility index (Phi) is 2.87. The second-order valence-electron chi connectivity index (χ2n) is 3.43. The van der Waals surface area contributed by atoms with Crippen LogP contribution in [0.15, 0.2) is 24.3 Å². The summed E-state index contributed by atoms with van der Waals surface area (Å²) in [5.41, 5.74) is 1.11. The first-order valence-electron chi connectivity index (χ1n) is 4.77. The Hall–Kier alpha value is -1.55. The van der Waals surface area contributed by atoms with Crippen LogP contribution in [0.1, 0.15) is 5.56 Å². The third-order valence-corrected chi connectivity index (χ3v) is 2.01. The molecule has 4 heteroatoms. The highest BCUT2D eigenvalue weighted by Crippen LogP contribution is 2.13. The fourth-order valence-electron chi connectivity index (χ4n) is 1.06. The molecule has 1 saturated heterocycles. The van der Waals surface area contributed by atoms with E-state index in [1.807, 2.05) is 19.1 Å². The van der Waals surface area contributed by atoms with Crippen LogP contribution >= 0.6 is 0 Å². The maximum atomic E-state index is 11.1. The Labute approximate surface area is 87.8 Å². The number of hydrogen-bond acceptors (Lipinski definition) is 4. The molecule has 0 saturated carbocycles. The second kappa shape index (κ2) is 4.31. The van der Waals surface area contributed by atoms with Crippen LogP contribution in [0.25, 0.3) is 0 Å². The lowest BCUT2D eigenvalue weighted by molar-refractivity contribution is 0.0919. The molecule has 0 spiro atoms. The van der Waals surface area contributed by atoms with Gasteiger partial charge in [0.25, 0.3) is 0 Å². The summed E-state index contributed by atoms with van der Waals surface area (Å²) in [6.45, 7) is 2.90. The van der Waals surface area contributed by atoms with Gasteiger partial charge in [-0.05, 0) is 19.1 Å². The number of carbonyl (C=O) groups excluding carboxylic acids is 1. The van der Waals surface area contributed by atoms with E-state index in [2.05, 4.69) is 0 Å². The molecular weight excluding hydrogens is 196 g/mol. The molecule has 1 fully saturated rings. The zero-order chi connectivity index (χ0) is 10.7. The van der Waals surface area contributed by atoms with Crippen molar-refractivity contribution in [2.45, 2.75) is 13.0 Å². The molecule has 4 nitrogen and oxygen atoms in total.